The van der Waals surface area contributed by atoms with Crippen LogP contribution < -0.4 is 9.47 Å². The van der Waals surface area contributed by atoms with Gasteiger partial charge in [-0.2, -0.15) is 0 Å². The molecule has 0 saturated carbocycles. The fourth-order valence-corrected chi connectivity index (χ4v) is 4.17. The van der Waals surface area contributed by atoms with E-state index in [2.05, 4.69) is 43.3 Å². The highest BCUT2D eigenvalue weighted by Crippen LogP contribution is 2.30. The van der Waals surface area contributed by atoms with Crippen LogP contribution in [0.2, 0.25) is 0 Å². The number of ether oxygens (including phenoxy) is 2. The summed E-state index contributed by atoms with van der Waals surface area (Å²) in [5, 5.41) is 17.7. The van der Waals surface area contributed by atoms with Crippen molar-refractivity contribution in [2.45, 2.75) is 84.0 Å². The molecule has 0 aromatic heterocycles. The van der Waals surface area contributed by atoms with Gasteiger partial charge in [-0.1, -0.05) is 87.8 Å². The third-order valence-corrected chi connectivity index (χ3v) is 6.22. The average Bonchev–Trinajstić information content (AvgIpc) is 2.88. The van der Waals surface area contributed by atoms with Crippen molar-refractivity contribution >= 4 is 11.6 Å². The van der Waals surface area contributed by atoms with Gasteiger partial charge in [0.05, 0.1) is 13.2 Å². The molecular weight excluding hydrogens is 436 g/mol. The predicted octanol–water partition coefficient (Wildman–Crippen LogP) is 7.67. The number of unbranched alkanes of at least 4 members (excludes halogenated alkanes) is 10. The lowest BCUT2D eigenvalue weighted by molar-refractivity contribution is 0.280. The summed E-state index contributed by atoms with van der Waals surface area (Å²) < 4.78 is 12.3. The highest BCUT2D eigenvalue weighted by atomic mass is 16.5. The van der Waals surface area contributed by atoms with Gasteiger partial charge in [-0.15, -0.1) is 0 Å². The molecule has 0 saturated heterocycles. The third-order valence-electron chi connectivity index (χ3n) is 6.22. The summed E-state index contributed by atoms with van der Waals surface area (Å²) in [6.45, 7) is 4.19. The van der Waals surface area contributed by atoms with Crippen molar-refractivity contribution in [2.75, 3.05) is 26.4 Å². The second-order valence-corrected chi connectivity index (χ2v) is 9.25. The van der Waals surface area contributed by atoms with Gasteiger partial charge in [0.25, 0.3) is 0 Å². The normalized spacial score (nSPS) is 11.6. The van der Waals surface area contributed by atoms with Crippen molar-refractivity contribution < 1.29 is 19.7 Å². The number of aliphatic hydroxyl groups excluding tert-OH is 2. The zero-order valence-electron chi connectivity index (χ0n) is 21.7. The van der Waals surface area contributed by atoms with E-state index in [0.29, 0.717) is 13.2 Å². The fourth-order valence-electron chi connectivity index (χ4n) is 4.17. The van der Waals surface area contributed by atoms with Crippen LogP contribution in [-0.2, 0) is 0 Å². The Hall–Kier alpha value is -2.30. The van der Waals surface area contributed by atoms with Gasteiger partial charge in [0.1, 0.15) is 11.5 Å². The fraction of sp³-hybridized carbons (Fsp3) is 0.548. The summed E-state index contributed by atoms with van der Waals surface area (Å²) in [6.07, 6.45) is 15.4. The molecular formula is C31H46O4. The molecule has 0 aliphatic carbocycles. The molecule has 2 N–H and O–H groups in total. The van der Waals surface area contributed by atoms with E-state index in [1.54, 1.807) is 0 Å². The number of aliphatic hydroxyl groups is 2. The van der Waals surface area contributed by atoms with Crippen molar-refractivity contribution in [1.29, 1.82) is 0 Å². The summed E-state index contributed by atoms with van der Waals surface area (Å²) in [5.74, 6) is 1.85. The molecule has 2 aromatic rings. The van der Waals surface area contributed by atoms with E-state index in [1.807, 2.05) is 18.2 Å². The van der Waals surface area contributed by atoms with Crippen LogP contribution in [0.1, 0.15) is 95.1 Å². The first-order valence-corrected chi connectivity index (χ1v) is 13.6. The van der Waals surface area contributed by atoms with Gasteiger partial charge in [0, 0.05) is 24.3 Å². The van der Waals surface area contributed by atoms with Gasteiger partial charge < -0.3 is 19.7 Å². The highest BCUT2D eigenvalue weighted by Gasteiger charge is 2.07. The molecule has 0 unspecified atom stereocenters. The number of hydrogen-bond donors (Lipinski definition) is 2. The van der Waals surface area contributed by atoms with Crippen LogP contribution in [0.5, 0.6) is 11.5 Å². The quantitative estimate of drug-likeness (QED) is 0.150. The molecule has 4 heteroatoms. The third kappa shape index (κ3) is 12.3. The molecule has 2 rings (SSSR count). The van der Waals surface area contributed by atoms with E-state index in [4.69, 9.17) is 19.7 Å². The zero-order valence-corrected chi connectivity index (χ0v) is 21.7. The summed E-state index contributed by atoms with van der Waals surface area (Å²) >= 11 is 0. The monoisotopic (exact) mass is 482 g/mol. The lowest BCUT2D eigenvalue weighted by Gasteiger charge is -2.13. The van der Waals surface area contributed by atoms with Crippen LogP contribution in [0.15, 0.2) is 48.5 Å². The first kappa shape index (κ1) is 28.9. The van der Waals surface area contributed by atoms with Gasteiger partial charge >= 0.3 is 0 Å². The minimum Gasteiger partial charge on any atom is -0.493 e. The van der Waals surface area contributed by atoms with E-state index in [9.17, 15) is 0 Å². The molecule has 0 radical (unpaired) electrons. The number of hydrogen-bond acceptors (Lipinski definition) is 4. The summed E-state index contributed by atoms with van der Waals surface area (Å²) in [7, 11) is 0. The largest absolute Gasteiger partial charge is 0.493 e. The van der Waals surface area contributed by atoms with Gasteiger partial charge in [-0.25, -0.2) is 0 Å². The van der Waals surface area contributed by atoms with Crippen molar-refractivity contribution in [1.82, 2.24) is 0 Å². The standard InChI is InChI=1S/C31H46O4/c1-27(29-19-11-13-21-31(29)35-25-17-9-5-3-7-15-23-33)26-28-18-10-12-20-30(28)34-24-16-8-4-2-6-14-22-32/h10-13,18-21,26,32-33H,2-9,14-17,22-25H2,1H3/b27-26+. The molecule has 0 spiro atoms. The molecule has 0 aliphatic heterocycles. The summed E-state index contributed by atoms with van der Waals surface area (Å²) in [5.41, 5.74) is 3.36. The maximum absolute atomic E-state index is 8.86. The molecule has 0 heterocycles. The van der Waals surface area contributed by atoms with Crippen molar-refractivity contribution in [3.63, 3.8) is 0 Å². The Balaban J connectivity index is 1.86. The van der Waals surface area contributed by atoms with Crippen molar-refractivity contribution in [3.05, 3.63) is 59.7 Å². The highest BCUT2D eigenvalue weighted by molar-refractivity contribution is 5.84. The van der Waals surface area contributed by atoms with Crippen molar-refractivity contribution in [3.8, 4) is 11.5 Å². The Morgan fingerprint density at radius 3 is 1.66 bits per heavy atom. The van der Waals surface area contributed by atoms with E-state index in [-0.39, 0.29) is 0 Å². The SMILES string of the molecule is C/C(=C\c1ccccc1OCCCCCCCCO)c1ccccc1OCCCCCCCCO. The molecule has 194 valence electrons. The van der Waals surface area contributed by atoms with Crippen LogP contribution in [0, 0.1) is 0 Å². The lowest BCUT2D eigenvalue weighted by atomic mass is 10.0. The average molecular weight is 483 g/mol. The maximum atomic E-state index is 8.86. The van der Waals surface area contributed by atoms with E-state index in [0.717, 1.165) is 92.8 Å². The van der Waals surface area contributed by atoms with Crippen LogP contribution >= 0.6 is 0 Å². The molecule has 0 amide bonds. The second-order valence-electron chi connectivity index (χ2n) is 9.25. The van der Waals surface area contributed by atoms with Gasteiger partial charge in [-0.05, 0) is 56.4 Å². The molecule has 0 bridgehead atoms. The van der Waals surface area contributed by atoms with Gasteiger partial charge in [0.15, 0.2) is 0 Å². The predicted molar refractivity (Wildman–Crippen MR) is 147 cm³/mol. The van der Waals surface area contributed by atoms with Gasteiger partial charge in [0.2, 0.25) is 0 Å². The van der Waals surface area contributed by atoms with Crippen LogP contribution in [0.3, 0.4) is 0 Å². The molecule has 2 aromatic carbocycles. The smallest absolute Gasteiger partial charge is 0.126 e. The summed E-state index contributed by atoms with van der Waals surface area (Å²) in [6, 6.07) is 16.5. The minimum atomic E-state index is 0.302. The molecule has 4 nitrogen and oxygen atoms in total. The van der Waals surface area contributed by atoms with Crippen LogP contribution in [-0.4, -0.2) is 36.6 Å². The first-order chi connectivity index (χ1) is 17.3. The van der Waals surface area contributed by atoms with E-state index < -0.39 is 0 Å². The first-order valence-electron chi connectivity index (χ1n) is 13.6. The Bertz CT molecular complexity index is 830. The molecule has 35 heavy (non-hydrogen) atoms. The molecule has 0 fully saturated rings. The molecule has 0 atom stereocenters. The number of rotatable bonds is 20. The Morgan fingerprint density at radius 2 is 1.06 bits per heavy atom. The zero-order chi connectivity index (χ0) is 25.0. The Labute approximate surface area is 213 Å². The second kappa shape index (κ2) is 19.0. The lowest BCUT2D eigenvalue weighted by Crippen LogP contribution is -2.00. The summed E-state index contributed by atoms with van der Waals surface area (Å²) in [4.78, 5) is 0. The van der Waals surface area contributed by atoms with Crippen LogP contribution in [0.25, 0.3) is 11.6 Å². The van der Waals surface area contributed by atoms with Crippen LogP contribution in [0.4, 0.5) is 0 Å². The Morgan fingerprint density at radius 1 is 0.600 bits per heavy atom. The number of allylic oxidation sites excluding steroid dienone is 1. The minimum absolute atomic E-state index is 0.302. The van der Waals surface area contributed by atoms with E-state index >= 15 is 0 Å². The van der Waals surface area contributed by atoms with Gasteiger partial charge in [-0.3, -0.25) is 0 Å². The number of para-hydroxylation sites is 2. The van der Waals surface area contributed by atoms with Crippen molar-refractivity contribution in [2.24, 2.45) is 0 Å². The Kier molecular flexibility index (Phi) is 15.7. The number of benzene rings is 2. The molecule has 0 aliphatic rings. The maximum Gasteiger partial charge on any atom is 0.126 e. The topological polar surface area (TPSA) is 58.9 Å². The van der Waals surface area contributed by atoms with E-state index in [1.165, 1.54) is 25.7 Å².